The lowest BCUT2D eigenvalue weighted by Gasteiger charge is -2.23. The zero-order valence-corrected chi connectivity index (χ0v) is 9.21. The second-order valence-electron chi connectivity index (χ2n) is 4.00. The number of hydrogen-bond donors (Lipinski definition) is 2. The van der Waals surface area contributed by atoms with Crippen molar-refractivity contribution >= 4 is 0 Å². The highest BCUT2D eigenvalue weighted by Crippen LogP contribution is 2.02. The van der Waals surface area contributed by atoms with Gasteiger partial charge in [0.1, 0.15) is 0 Å². The smallest absolute Gasteiger partial charge is 0.0618 e. The molecule has 0 aliphatic heterocycles. The molecule has 0 aliphatic rings. The first-order valence-corrected chi connectivity index (χ1v) is 4.95. The number of methoxy groups -OCH3 is 1. The molecule has 0 saturated carbocycles. The topological polar surface area (TPSA) is 41.5 Å². The summed E-state index contributed by atoms with van der Waals surface area (Å²) >= 11 is 0. The third kappa shape index (κ3) is 6.02. The van der Waals surface area contributed by atoms with Crippen LogP contribution >= 0.6 is 0 Å². The van der Waals surface area contributed by atoms with Gasteiger partial charge >= 0.3 is 0 Å². The van der Waals surface area contributed by atoms with Crippen LogP contribution in [0.4, 0.5) is 0 Å². The molecule has 3 nitrogen and oxygen atoms in total. The molecule has 0 radical (unpaired) electrons. The standard InChI is InChI=1S/C10H23NO2/c1-8(2)10(7-13-4)11-5-9(3)6-12/h8-12H,5-7H2,1-4H3. The molecule has 0 aromatic rings. The normalized spacial score (nSPS) is 16.2. The Kier molecular flexibility index (Phi) is 7.23. The van der Waals surface area contributed by atoms with E-state index in [0.29, 0.717) is 17.9 Å². The summed E-state index contributed by atoms with van der Waals surface area (Å²) in [6.45, 7) is 8.18. The van der Waals surface area contributed by atoms with Crippen LogP contribution in [0.3, 0.4) is 0 Å². The van der Waals surface area contributed by atoms with Crippen molar-refractivity contribution in [2.75, 3.05) is 26.9 Å². The Bertz CT molecular complexity index is 117. The maximum absolute atomic E-state index is 8.84. The van der Waals surface area contributed by atoms with Gasteiger partial charge in [-0.15, -0.1) is 0 Å². The zero-order chi connectivity index (χ0) is 10.3. The summed E-state index contributed by atoms with van der Waals surface area (Å²) in [6.07, 6.45) is 0. The van der Waals surface area contributed by atoms with Gasteiger partial charge in [0, 0.05) is 26.3 Å². The van der Waals surface area contributed by atoms with Crippen molar-refractivity contribution < 1.29 is 9.84 Å². The van der Waals surface area contributed by atoms with E-state index in [1.165, 1.54) is 0 Å². The van der Waals surface area contributed by atoms with Crippen LogP contribution in [0, 0.1) is 11.8 Å². The van der Waals surface area contributed by atoms with Crippen molar-refractivity contribution in [3.05, 3.63) is 0 Å². The molecule has 2 atom stereocenters. The van der Waals surface area contributed by atoms with E-state index in [1.54, 1.807) is 7.11 Å². The van der Waals surface area contributed by atoms with Crippen LogP contribution in [-0.2, 0) is 4.74 Å². The predicted molar refractivity (Wildman–Crippen MR) is 54.8 cm³/mol. The minimum atomic E-state index is 0.241. The summed E-state index contributed by atoms with van der Waals surface area (Å²) in [5.41, 5.74) is 0. The molecule has 0 aliphatic carbocycles. The molecule has 0 amide bonds. The van der Waals surface area contributed by atoms with Crippen molar-refractivity contribution in [3.8, 4) is 0 Å². The van der Waals surface area contributed by atoms with Gasteiger partial charge in [-0.1, -0.05) is 20.8 Å². The van der Waals surface area contributed by atoms with Crippen LogP contribution < -0.4 is 5.32 Å². The van der Waals surface area contributed by atoms with Crippen molar-refractivity contribution in [2.45, 2.75) is 26.8 Å². The van der Waals surface area contributed by atoms with Gasteiger partial charge in [-0.3, -0.25) is 0 Å². The molecule has 0 fully saturated rings. The van der Waals surface area contributed by atoms with Gasteiger partial charge in [0.2, 0.25) is 0 Å². The van der Waals surface area contributed by atoms with Crippen LogP contribution in [-0.4, -0.2) is 38.0 Å². The molecular formula is C10H23NO2. The molecule has 2 N–H and O–H groups in total. The summed E-state index contributed by atoms with van der Waals surface area (Å²) in [4.78, 5) is 0. The highest BCUT2D eigenvalue weighted by Gasteiger charge is 2.12. The Morgan fingerprint density at radius 3 is 2.31 bits per heavy atom. The number of nitrogens with one attached hydrogen (secondary N) is 1. The van der Waals surface area contributed by atoms with E-state index >= 15 is 0 Å². The quantitative estimate of drug-likeness (QED) is 0.624. The summed E-state index contributed by atoms with van der Waals surface area (Å²) in [6, 6.07) is 0.388. The fourth-order valence-electron chi connectivity index (χ4n) is 1.08. The average molecular weight is 189 g/mol. The number of hydrogen-bond acceptors (Lipinski definition) is 3. The molecule has 3 heteroatoms. The summed E-state index contributed by atoms with van der Waals surface area (Å²) in [5.74, 6) is 0.879. The summed E-state index contributed by atoms with van der Waals surface area (Å²) in [7, 11) is 1.71. The van der Waals surface area contributed by atoms with Crippen LogP contribution in [0.1, 0.15) is 20.8 Å². The number of rotatable bonds is 7. The van der Waals surface area contributed by atoms with E-state index in [1.807, 2.05) is 6.92 Å². The third-order valence-corrected chi connectivity index (χ3v) is 2.19. The predicted octanol–water partition coefficient (Wildman–Crippen LogP) is 0.875. The molecule has 0 aromatic heterocycles. The zero-order valence-electron chi connectivity index (χ0n) is 9.21. The van der Waals surface area contributed by atoms with Gasteiger partial charge in [-0.25, -0.2) is 0 Å². The van der Waals surface area contributed by atoms with E-state index in [9.17, 15) is 0 Å². The van der Waals surface area contributed by atoms with Gasteiger partial charge in [-0.2, -0.15) is 0 Å². The van der Waals surface area contributed by atoms with Gasteiger partial charge in [-0.05, 0) is 11.8 Å². The third-order valence-electron chi connectivity index (χ3n) is 2.19. The van der Waals surface area contributed by atoms with Gasteiger partial charge in [0.25, 0.3) is 0 Å². The largest absolute Gasteiger partial charge is 0.396 e. The lowest BCUT2D eigenvalue weighted by molar-refractivity contribution is 0.140. The van der Waals surface area contributed by atoms with Crippen LogP contribution in [0.25, 0.3) is 0 Å². The molecule has 2 unspecified atom stereocenters. The second kappa shape index (κ2) is 7.30. The number of ether oxygens (including phenoxy) is 1. The monoisotopic (exact) mass is 189 g/mol. The number of aliphatic hydroxyl groups excluding tert-OH is 1. The fourth-order valence-corrected chi connectivity index (χ4v) is 1.08. The minimum Gasteiger partial charge on any atom is -0.396 e. The van der Waals surface area contributed by atoms with E-state index in [-0.39, 0.29) is 6.61 Å². The fraction of sp³-hybridized carbons (Fsp3) is 1.00. The molecule has 0 rings (SSSR count). The first-order valence-electron chi connectivity index (χ1n) is 4.95. The van der Waals surface area contributed by atoms with Gasteiger partial charge in [0.15, 0.2) is 0 Å². The van der Waals surface area contributed by atoms with Gasteiger partial charge in [0.05, 0.1) is 6.61 Å². The molecule has 0 saturated heterocycles. The first-order chi connectivity index (χ1) is 6.11. The maximum atomic E-state index is 8.84. The van der Waals surface area contributed by atoms with E-state index in [2.05, 4.69) is 19.2 Å². The maximum Gasteiger partial charge on any atom is 0.0618 e. The first kappa shape index (κ1) is 12.9. The Hall–Kier alpha value is -0.120. The SMILES string of the molecule is COCC(NCC(C)CO)C(C)C. The summed E-state index contributed by atoms with van der Waals surface area (Å²) in [5, 5.41) is 12.2. The number of aliphatic hydroxyl groups is 1. The van der Waals surface area contributed by atoms with Crippen LogP contribution in [0.2, 0.25) is 0 Å². The highest BCUT2D eigenvalue weighted by atomic mass is 16.5. The molecular weight excluding hydrogens is 166 g/mol. The molecule has 0 aromatic carbocycles. The Balaban J connectivity index is 3.68. The lowest BCUT2D eigenvalue weighted by atomic mass is 10.0. The van der Waals surface area contributed by atoms with Crippen molar-refractivity contribution in [2.24, 2.45) is 11.8 Å². The Morgan fingerprint density at radius 2 is 1.92 bits per heavy atom. The molecule has 0 spiro atoms. The van der Waals surface area contributed by atoms with E-state index in [4.69, 9.17) is 9.84 Å². The van der Waals surface area contributed by atoms with Crippen LogP contribution in [0.15, 0.2) is 0 Å². The van der Waals surface area contributed by atoms with Crippen molar-refractivity contribution in [1.29, 1.82) is 0 Å². The Labute approximate surface area is 81.5 Å². The second-order valence-corrected chi connectivity index (χ2v) is 4.00. The lowest BCUT2D eigenvalue weighted by Crippen LogP contribution is -2.40. The van der Waals surface area contributed by atoms with E-state index < -0.39 is 0 Å². The van der Waals surface area contributed by atoms with E-state index in [0.717, 1.165) is 13.2 Å². The van der Waals surface area contributed by atoms with Gasteiger partial charge < -0.3 is 15.2 Å². The highest BCUT2D eigenvalue weighted by molar-refractivity contribution is 4.70. The molecule has 0 bridgehead atoms. The minimum absolute atomic E-state index is 0.241. The molecule has 13 heavy (non-hydrogen) atoms. The molecule has 0 heterocycles. The van der Waals surface area contributed by atoms with Crippen molar-refractivity contribution in [1.82, 2.24) is 5.32 Å². The Morgan fingerprint density at radius 1 is 1.31 bits per heavy atom. The van der Waals surface area contributed by atoms with Crippen molar-refractivity contribution in [3.63, 3.8) is 0 Å². The average Bonchev–Trinajstić information content (AvgIpc) is 2.11. The molecule has 80 valence electrons. The van der Waals surface area contributed by atoms with Crippen LogP contribution in [0.5, 0.6) is 0 Å². The summed E-state index contributed by atoms with van der Waals surface area (Å²) < 4.78 is 5.11.